The first-order chi connectivity index (χ1) is 19.6. The molecule has 1 atom stereocenters. The van der Waals surface area contributed by atoms with E-state index in [1.807, 2.05) is 51.5 Å². The molecule has 0 saturated carbocycles. The number of aliphatic hydroxyl groups excluding tert-OH is 1. The number of rotatable bonds is 5. The van der Waals surface area contributed by atoms with Gasteiger partial charge in [0, 0.05) is 25.5 Å². The van der Waals surface area contributed by atoms with Crippen molar-refractivity contribution in [2.24, 2.45) is 7.05 Å². The molecule has 14 heteroatoms. The normalized spacial score (nSPS) is 19.7. The van der Waals surface area contributed by atoms with E-state index in [2.05, 4.69) is 26.3 Å². The second-order valence-corrected chi connectivity index (χ2v) is 12.7. The van der Waals surface area contributed by atoms with Crippen molar-refractivity contribution in [1.29, 1.82) is 0 Å². The summed E-state index contributed by atoms with van der Waals surface area (Å²) in [6.45, 7) is 3.87. The predicted octanol–water partition coefficient (Wildman–Crippen LogP) is 1.56. The number of hydrogen-bond donors (Lipinski definition) is 2. The molecule has 2 aliphatic rings. The second kappa shape index (κ2) is 10.6. The number of nitrogens with zero attached hydrogens (tertiary/aromatic N) is 7. The van der Waals surface area contributed by atoms with Crippen molar-refractivity contribution in [3.63, 3.8) is 0 Å². The number of ether oxygens (including phenoxy) is 2. The van der Waals surface area contributed by atoms with Gasteiger partial charge >= 0.3 is 0 Å². The zero-order valence-electron chi connectivity index (χ0n) is 23.5. The van der Waals surface area contributed by atoms with Gasteiger partial charge in [-0.15, -0.1) is 5.10 Å². The number of nitrogens with one attached hydrogen (secondary N) is 1. The van der Waals surface area contributed by atoms with Crippen molar-refractivity contribution in [1.82, 2.24) is 39.0 Å². The Morgan fingerprint density at radius 1 is 1.20 bits per heavy atom. The zero-order valence-corrected chi connectivity index (χ0v) is 24.3. The van der Waals surface area contributed by atoms with E-state index in [0.29, 0.717) is 24.8 Å². The molecule has 0 amide bonds. The van der Waals surface area contributed by atoms with E-state index >= 15 is 0 Å². The first kappa shape index (κ1) is 27.4. The van der Waals surface area contributed by atoms with Crippen LogP contribution in [0.5, 0.6) is 11.8 Å². The van der Waals surface area contributed by atoms with Gasteiger partial charge < -0.3 is 14.6 Å². The third kappa shape index (κ3) is 5.35. The third-order valence-electron chi connectivity index (χ3n) is 7.43. The summed E-state index contributed by atoms with van der Waals surface area (Å²) in [4.78, 5) is 2.13. The number of aliphatic hydroxyl groups is 1. The Hall–Kier alpha value is -3.72. The predicted molar refractivity (Wildman–Crippen MR) is 154 cm³/mol. The number of fused-ring (bicyclic) bond motifs is 4. The van der Waals surface area contributed by atoms with Gasteiger partial charge in [-0.1, -0.05) is 6.07 Å². The maximum atomic E-state index is 11.9. The van der Waals surface area contributed by atoms with Gasteiger partial charge in [0.25, 0.3) is 0 Å². The Morgan fingerprint density at radius 3 is 2.76 bits per heavy atom. The van der Waals surface area contributed by atoms with Crippen molar-refractivity contribution in [2.45, 2.75) is 32.2 Å². The van der Waals surface area contributed by atoms with Gasteiger partial charge in [-0.05, 0) is 43.8 Å². The summed E-state index contributed by atoms with van der Waals surface area (Å²) in [5.41, 5.74) is 5.12. The first-order valence-electron chi connectivity index (χ1n) is 13.5. The van der Waals surface area contributed by atoms with Crippen LogP contribution in [0.2, 0.25) is 0 Å². The molecule has 1 saturated heterocycles. The fourth-order valence-corrected chi connectivity index (χ4v) is 6.21. The van der Waals surface area contributed by atoms with Crippen LogP contribution in [-0.2, 0) is 30.2 Å². The molecule has 13 nitrogen and oxygen atoms in total. The fraction of sp³-hybridized carbons (Fsp3) is 0.444. The van der Waals surface area contributed by atoms with Crippen LogP contribution in [0.15, 0.2) is 24.4 Å². The van der Waals surface area contributed by atoms with Crippen molar-refractivity contribution in [3.8, 4) is 22.9 Å². The van der Waals surface area contributed by atoms with Crippen molar-refractivity contribution >= 4 is 33.1 Å². The summed E-state index contributed by atoms with van der Waals surface area (Å²) in [6.07, 6.45) is 6.43. The molecule has 3 aromatic heterocycles. The molecule has 4 aromatic rings. The molecular formula is C27H34N8O5S. The number of H-pyrrole nitrogens is 1. The lowest BCUT2D eigenvalue weighted by atomic mass is 10.1. The quantitative estimate of drug-likeness (QED) is 0.358. The molecule has 0 aliphatic carbocycles. The Balaban J connectivity index is 1.44. The smallest absolute Gasteiger partial charge is 0.240 e. The average Bonchev–Trinajstić information content (AvgIpc) is 3.54. The number of aryl methyl sites for hydroxylation is 1. The standard InChI is InChI=1S/C27H34N8O5S/c1-17-13-32(2)16-25-20(26(31-35(25)9-10-36)40-19-14-34(15-19)41(4,37)38)6-8-24-21-11-18(5-7-23(21)29-30-24)22-12-28-33(3)27(22)39-17/h5-8,11-12,17,19,36H,9-10,13-16H2,1-4H3,(H,29,30)/b8-6-/t17-/m0/s1. The molecular weight excluding hydrogens is 548 g/mol. The van der Waals surface area contributed by atoms with Gasteiger partial charge in [-0.3, -0.25) is 14.7 Å². The minimum atomic E-state index is -3.27. The molecule has 2 aliphatic heterocycles. The number of benzene rings is 1. The van der Waals surface area contributed by atoms with E-state index in [4.69, 9.17) is 14.6 Å². The van der Waals surface area contributed by atoms with E-state index in [9.17, 15) is 13.5 Å². The maximum absolute atomic E-state index is 11.9. The molecule has 0 unspecified atom stereocenters. The van der Waals surface area contributed by atoms with Crippen LogP contribution in [0.25, 0.3) is 34.2 Å². The Labute approximate surface area is 238 Å². The van der Waals surface area contributed by atoms with Gasteiger partial charge in [-0.2, -0.15) is 14.5 Å². The zero-order chi connectivity index (χ0) is 28.9. The van der Waals surface area contributed by atoms with E-state index in [-0.39, 0.29) is 38.4 Å². The van der Waals surface area contributed by atoms with Gasteiger partial charge in [0.05, 0.1) is 66.7 Å². The highest BCUT2D eigenvalue weighted by molar-refractivity contribution is 7.88. The SMILES string of the molecule is C[C@H]1CN(C)Cc2c(c(OC3CN(S(C)(=O)=O)C3)nn2CCO)/C=C\c2[nH]nc3ccc(cc23)-c2cnn(C)c2O1. The van der Waals surface area contributed by atoms with Crippen molar-refractivity contribution < 1.29 is 23.0 Å². The average molecular weight is 583 g/mol. The minimum absolute atomic E-state index is 0.0942. The summed E-state index contributed by atoms with van der Waals surface area (Å²) in [5.74, 6) is 1.08. The molecule has 41 heavy (non-hydrogen) atoms. The lowest BCUT2D eigenvalue weighted by molar-refractivity contribution is 0.0715. The summed E-state index contributed by atoms with van der Waals surface area (Å²) in [5, 5.41) is 27.5. The van der Waals surface area contributed by atoms with Crippen LogP contribution in [-0.4, -0.2) is 104 Å². The molecule has 5 heterocycles. The van der Waals surface area contributed by atoms with Crippen LogP contribution < -0.4 is 9.47 Å². The molecule has 0 radical (unpaired) electrons. The van der Waals surface area contributed by atoms with Crippen molar-refractivity contribution in [3.05, 3.63) is 41.3 Å². The molecule has 2 bridgehead atoms. The topological polar surface area (TPSA) is 144 Å². The lowest BCUT2D eigenvalue weighted by Gasteiger charge is -2.36. The molecule has 0 spiro atoms. The second-order valence-electron chi connectivity index (χ2n) is 10.7. The Bertz CT molecular complexity index is 1720. The van der Waals surface area contributed by atoms with Crippen LogP contribution in [0.3, 0.4) is 0 Å². The highest BCUT2D eigenvalue weighted by atomic mass is 32.2. The first-order valence-corrected chi connectivity index (χ1v) is 15.3. The van der Waals surface area contributed by atoms with Crippen LogP contribution in [0, 0.1) is 0 Å². The maximum Gasteiger partial charge on any atom is 0.240 e. The summed E-state index contributed by atoms with van der Waals surface area (Å²) in [6, 6.07) is 6.05. The Kier molecular flexibility index (Phi) is 7.09. The summed E-state index contributed by atoms with van der Waals surface area (Å²) in [7, 11) is 0.597. The van der Waals surface area contributed by atoms with E-state index in [0.717, 1.165) is 39.0 Å². The molecule has 6 rings (SSSR count). The van der Waals surface area contributed by atoms with Crippen LogP contribution in [0.1, 0.15) is 23.9 Å². The Morgan fingerprint density at radius 2 is 2.00 bits per heavy atom. The summed E-state index contributed by atoms with van der Waals surface area (Å²) >= 11 is 0. The fourth-order valence-electron chi connectivity index (χ4n) is 5.33. The monoisotopic (exact) mass is 582 g/mol. The molecule has 1 aromatic carbocycles. The van der Waals surface area contributed by atoms with E-state index < -0.39 is 10.0 Å². The van der Waals surface area contributed by atoms with Gasteiger partial charge in [-0.25, -0.2) is 13.1 Å². The van der Waals surface area contributed by atoms with Crippen LogP contribution in [0.4, 0.5) is 0 Å². The van der Waals surface area contributed by atoms with Gasteiger partial charge in [0.1, 0.15) is 12.2 Å². The highest BCUT2D eigenvalue weighted by Crippen LogP contribution is 2.34. The summed E-state index contributed by atoms with van der Waals surface area (Å²) < 4.78 is 41.3. The number of hydrogen-bond acceptors (Lipinski definition) is 9. The molecule has 2 N–H and O–H groups in total. The van der Waals surface area contributed by atoms with Gasteiger partial charge in [0.2, 0.25) is 21.8 Å². The number of sulfonamides is 1. The third-order valence-corrected chi connectivity index (χ3v) is 8.67. The number of aromatic amines is 1. The number of aromatic nitrogens is 6. The van der Waals surface area contributed by atoms with Crippen molar-refractivity contribution in [2.75, 3.05) is 39.5 Å². The molecule has 218 valence electrons. The molecule has 1 fully saturated rings. The van der Waals surface area contributed by atoms with E-state index in [1.165, 1.54) is 10.6 Å². The minimum Gasteiger partial charge on any atom is -0.473 e. The van der Waals surface area contributed by atoms with Gasteiger partial charge in [0.15, 0.2) is 0 Å². The highest BCUT2D eigenvalue weighted by Gasteiger charge is 2.36. The number of likely N-dealkylation sites (N-methyl/N-ethyl adjacent to an activating group) is 1. The lowest BCUT2D eigenvalue weighted by Crippen LogP contribution is -2.55. The van der Waals surface area contributed by atoms with Crippen LogP contribution >= 0.6 is 0 Å². The largest absolute Gasteiger partial charge is 0.473 e. The van der Waals surface area contributed by atoms with E-state index in [1.54, 1.807) is 9.36 Å².